The fraction of sp³-hybridized carbons (Fsp3) is 0.143. The molecule has 3 N–H and O–H groups in total. The molecule has 0 bridgehead atoms. The number of ketones is 1. The first-order valence-corrected chi connectivity index (χ1v) is 8.78. The van der Waals surface area contributed by atoms with Gasteiger partial charge in [0.2, 0.25) is 5.78 Å². The highest BCUT2D eigenvalue weighted by Crippen LogP contribution is 2.30. The van der Waals surface area contributed by atoms with Crippen molar-refractivity contribution >= 4 is 17.6 Å². The molecule has 0 radical (unpaired) electrons. The molecular weight excluding hydrogens is 374 g/mol. The van der Waals surface area contributed by atoms with E-state index in [4.69, 9.17) is 15.0 Å². The highest BCUT2D eigenvalue weighted by atomic mass is 16.6. The van der Waals surface area contributed by atoms with Crippen LogP contribution < -0.4 is 15.8 Å². The van der Waals surface area contributed by atoms with Gasteiger partial charge in [-0.1, -0.05) is 65.8 Å². The monoisotopic (exact) mass is 393 g/mol. The van der Waals surface area contributed by atoms with Crippen molar-refractivity contribution in [3.8, 4) is 17.2 Å². The average molecular weight is 393 g/mol. The summed E-state index contributed by atoms with van der Waals surface area (Å²) in [5.74, 6) is -2.81. The number of ether oxygens (including phenoxy) is 1. The molecule has 148 valence electrons. The summed E-state index contributed by atoms with van der Waals surface area (Å²) in [5, 5.41) is 6.48. The number of primary amides is 1. The van der Waals surface area contributed by atoms with E-state index in [0.29, 0.717) is 5.56 Å². The van der Waals surface area contributed by atoms with E-state index in [9.17, 15) is 14.4 Å². The molecule has 1 heterocycles. The third kappa shape index (κ3) is 4.49. The van der Waals surface area contributed by atoms with Gasteiger partial charge in [-0.15, -0.1) is 0 Å². The van der Waals surface area contributed by atoms with Gasteiger partial charge in [-0.2, -0.15) is 0 Å². The Bertz CT molecular complexity index is 1020. The molecule has 0 saturated heterocycles. The van der Waals surface area contributed by atoms with E-state index >= 15 is 0 Å². The van der Waals surface area contributed by atoms with Gasteiger partial charge >= 0.3 is 5.95 Å². The summed E-state index contributed by atoms with van der Waals surface area (Å²) in [6.07, 6.45) is 0.0998. The lowest BCUT2D eigenvalue weighted by molar-refractivity contribution is -0.137. The van der Waals surface area contributed by atoms with Crippen LogP contribution in [-0.4, -0.2) is 35.9 Å². The van der Waals surface area contributed by atoms with E-state index in [1.165, 1.54) is 7.11 Å². The lowest BCUT2D eigenvalue weighted by atomic mass is 10.0. The molecular formula is C21H19N3O5. The number of amides is 2. The first-order valence-electron chi connectivity index (χ1n) is 8.78. The Morgan fingerprint density at radius 2 is 1.69 bits per heavy atom. The lowest BCUT2D eigenvalue weighted by Gasteiger charge is -2.16. The molecule has 0 aliphatic heterocycles. The molecule has 0 aliphatic rings. The fourth-order valence-electron chi connectivity index (χ4n) is 2.87. The minimum atomic E-state index is -1.15. The topological polar surface area (TPSA) is 125 Å². The number of Topliss-reactive ketones (excluding diaryl/α,β-unsaturated/α-hetero) is 1. The van der Waals surface area contributed by atoms with Gasteiger partial charge in [0.15, 0.2) is 5.56 Å². The molecule has 3 aromatic rings. The van der Waals surface area contributed by atoms with E-state index in [0.717, 1.165) is 5.56 Å². The van der Waals surface area contributed by atoms with Gasteiger partial charge in [-0.05, 0) is 5.56 Å². The summed E-state index contributed by atoms with van der Waals surface area (Å²) in [5.41, 5.74) is 6.83. The van der Waals surface area contributed by atoms with Crippen molar-refractivity contribution < 1.29 is 23.6 Å². The number of rotatable bonds is 8. The predicted molar refractivity (Wildman–Crippen MR) is 104 cm³/mol. The van der Waals surface area contributed by atoms with Crippen molar-refractivity contribution in [2.24, 2.45) is 5.73 Å². The molecule has 0 spiro atoms. The summed E-state index contributed by atoms with van der Waals surface area (Å²) in [7, 11) is 1.34. The van der Waals surface area contributed by atoms with Gasteiger partial charge in [0.1, 0.15) is 11.7 Å². The molecule has 8 heteroatoms. The van der Waals surface area contributed by atoms with Gasteiger partial charge in [0, 0.05) is 12.0 Å². The maximum Gasteiger partial charge on any atom is 0.324 e. The number of methoxy groups -OCH3 is 1. The molecule has 1 aromatic heterocycles. The highest BCUT2D eigenvalue weighted by molar-refractivity contribution is 6.38. The van der Waals surface area contributed by atoms with Crippen LogP contribution in [0.3, 0.4) is 0 Å². The Labute approximate surface area is 166 Å². The van der Waals surface area contributed by atoms with Gasteiger partial charge < -0.3 is 20.3 Å². The zero-order valence-electron chi connectivity index (χ0n) is 15.6. The molecule has 3 rings (SSSR count). The van der Waals surface area contributed by atoms with Crippen molar-refractivity contribution in [3.05, 3.63) is 71.8 Å². The van der Waals surface area contributed by atoms with E-state index in [-0.39, 0.29) is 23.6 Å². The minimum absolute atomic E-state index is 0.0223. The van der Waals surface area contributed by atoms with Crippen LogP contribution in [0.4, 0.5) is 0 Å². The van der Waals surface area contributed by atoms with Crippen molar-refractivity contribution in [1.82, 2.24) is 10.5 Å². The second kappa shape index (κ2) is 8.83. The first-order chi connectivity index (χ1) is 14.0. The van der Waals surface area contributed by atoms with Crippen molar-refractivity contribution in [2.45, 2.75) is 12.5 Å². The Hall–Kier alpha value is -3.94. The predicted octanol–water partition coefficient (Wildman–Crippen LogP) is 1.75. The van der Waals surface area contributed by atoms with Crippen LogP contribution in [0.25, 0.3) is 11.3 Å². The van der Waals surface area contributed by atoms with E-state index in [1.807, 2.05) is 12.1 Å². The van der Waals surface area contributed by atoms with E-state index in [1.54, 1.807) is 48.5 Å². The number of nitrogens with one attached hydrogen (secondary N) is 1. The minimum Gasteiger partial charge on any atom is -0.467 e. The summed E-state index contributed by atoms with van der Waals surface area (Å²) >= 11 is 0. The number of nitrogens with two attached hydrogens (primary N) is 1. The van der Waals surface area contributed by atoms with Gasteiger partial charge in [-0.3, -0.25) is 14.4 Å². The standard InChI is InChI=1S/C21H19N3O5/c1-28-21-16(17(24-29-21)14-10-6-3-7-11-14)20(27)23-15(18(25)19(22)26)12-13-8-4-2-5-9-13/h2-11,15H,12H2,1H3,(H2,22,26)(H,23,27). The van der Waals surface area contributed by atoms with Crippen LogP contribution in [0.2, 0.25) is 0 Å². The number of aromatic nitrogens is 1. The summed E-state index contributed by atoms with van der Waals surface area (Å²) in [6, 6.07) is 16.7. The average Bonchev–Trinajstić information content (AvgIpc) is 3.18. The molecule has 8 nitrogen and oxygen atoms in total. The smallest absolute Gasteiger partial charge is 0.324 e. The maximum atomic E-state index is 13.0. The Morgan fingerprint density at radius 3 is 2.28 bits per heavy atom. The van der Waals surface area contributed by atoms with Crippen molar-refractivity contribution in [3.63, 3.8) is 0 Å². The molecule has 2 aromatic carbocycles. The first kappa shape index (κ1) is 19.8. The molecule has 0 aliphatic carbocycles. The molecule has 1 unspecified atom stereocenters. The third-order valence-electron chi connectivity index (χ3n) is 4.27. The lowest BCUT2D eigenvalue weighted by Crippen LogP contribution is -2.47. The molecule has 1 atom stereocenters. The van der Waals surface area contributed by atoms with Crippen molar-refractivity contribution in [2.75, 3.05) is 7.11 Å². The fourth-order valence-corrected chi connectivity index (χ4v) is 2.87. The van der Waals surface area contributed by atoms with Crippen LogP contribution >= 0.6 is 0 Å². The van der Waals surface area contributed by atoms with Gasteiger partial charge in [0.05, 0.1) is 7.11 Å². The van der Waals surface area contributed by atoms with Gasteiger partial charge in [0.25, 0.3) is 11.8 Å². The second-order valence-electron chi connectivity index (χ2n) is 6.21. The van der Waals surface area contributed by atoms with Crippen LogP contribution in [0, 0.1) is 0 Å². The number of benzene rings is 2. The zero-order valence-corrected chi connectivity index (χ0v) is 15.6. The summed E-state index contributed by atoms with van der Waals surface area (Å²) in [6.45, 7) is 0. The third-order valence-corrected chi connectivity index (χ3v) is 4.27. The number of nitrogens with zero attached hydrogens (tertiary/aromatic N) is 1. The Balaban J connectivity index is 1.93. The second-order valence-corrected chi connectivity index (χ2v) is 6.21. The molecule has 0 saturated carbocycles. The van der Waals surface area contributed by atoms with Crippen LogP contribution in [0.1, 0.15) is 15.9 Å². The summed E-state index contributed by atoms with van der Waals surface area (Å²) < 4.78 is 10.2. The Morgan fingerprint density at radius 1 is 1.07 bits per heavy atom. The summed E-state index contributed by atoms with van der Waals surface area (Å²) in [4.78, 5) is 36.8. The number of hydrogen-bond donors (Lipinski definition) is 2. The van der Waals surface area contributed by atoms with Crippen LogP contribution in [0.15, 0.2) is 65.2 Å². The van der Waals surface area contributed by atoms with Crippen molar-refractivity contribution in [1.29, 1.82) is 0 Å². The highest BCUT2D eigenvalue weighted by Gasteiger charge is 2.30. The van der Waals surface area contributed by atoms with E-state index in [2.05, 4.69) is 10.5 Å². The Kier molecular flexibility index (Phi) is 6.03. The number of carbonyl (C=O) groups excluding carboxylic acids is 3. The SMILES string of the molecule is COc1onc(-c2ccccc2)c1C(=O)NC(Cc1ccccc1)C(=O)C(N)=O. The zero-order chi connectivity index (χ0) is 20.8. The quantitative estimate of drug-likeness (QED) is 0.562. The van der Waals surface area contributed by atoms with Crippen LogP contribution in [-0.2, 0) is 16.0 Å². The number of hydrogen-bond acceptors (Lipinski definition) is 6. The largest absolute Gasteiger partial charge is 0.467 e. The van der Waals surface area contributed by atoms with Crippen LogP contribution in [0.5, 0.6) is 5.95 Å². The number of carbonyl (C=O) groups is 3. The maximum absolute atomic E-state index is 13.0. The molecule has 0 fully saturated rings. The molecule has 2 amide bonds. The van der Waals surface area contributed by atoms with E-state index < -0.39 is 23.6 Å². The molecule has 29 heavy (non-hydrogen) atoms. The van der Waals surface area contributed by atoms with Gasteiger partial charge in [-0.25, -0.2) is 0 Å². The normalized spacial score (nSPS) is 11.5.